The summed E-state index contributed by atoms with van der Waals surface area (Å²) < 4.78 is 5.33. The Bertz CT molecular complexity index is 504. The molecule has 0 bridgehead atoms. The molecule has 2 rings (SSSR count). The van der Waals surface area contributed by atoms with Crippen LogP contribution in [-0.2, 0) is 6.42 Å². The molecule has 0 saturated carbocycles. The Kier molecular flexibility index (Phi) is 4.54. The molecule has 1 unspecified atom stereocenters. The minimum absolute atomic E-state index is 0.0789. The number of nitrogens with one attached hydrogen (secondary N) is 1. The van der Waals surface area contributed by atoms with Crippen LogP contribution in [0.1, 0.15) is 16.6 Å². The molecule has 0 aliphatic rings. The van der Waals surface area contributed by atoms with Crippen LogP contribution in [0, 0.1) is 0 Å². The lowest BCUT2D eigenvalue weighted by Crippen LogP contribution is -2.29. The zero-order valence-electron chi connectivity index (χ0n) is 9.89. The van der Waals surface area contributed by atoms with Gasteiger partial charge in [-0.05, 0) is 18.2 Å². The fourth-order valence-corrected chi connectivity index (χ4v) is 2.61. The molecule has 1 heterocycles. The molecule has 0 aliphatic carbocycles. The van der Waals surface area contributed by atoms with E-state index >= 15 is 0 Å². The maximum absolute atomic E-state index is 6.02. The summed E-state index contributed by atoms with van der Waals surface area (Å²) >= 11 is 7.62. The lowest BCUT2D eigenvalue weighted by atomic mass is 10.0. The maximum Gasteiger partial charge on any atom is 0.123 e. The van der Waals surface area contributed by atoms with Gasteiger partial charge in [-0.15, -0.1) is 11.3 Å². The molecule has 0 fully saturated rings. The number of thiazole rings is 1. The van der Waals surface area contributed by atoms with Crippen molar-refractivity contribution in [1.82, 2.24) is 10.4 Å². The second kappa shape index (κ2) is 6.15. The highest BCUT2D eigenvalue weighted by atomic mass is 35.5. The van der Waals surface area contributed by atoms with Gasteiger partial charge in [0.1, 0.15) is 5.75 Å². The van der Waals surface area contributed by atoms with E-state index in [9.17, 15) is 0 Å². The monoisotopic (exact) mass is 283 g/mol. The number of halogens is 1. The molecule has 1 aromatic heterocycles. The molecule has 6 heteroatoms. The summed E-state index contributed by atoms with van der Waals surface area (Å²) in [6, 6.07) is 5.41. The van der Waals surface area contributed by atoms with Crippen LogP contribution in [0.3, 0.4) is 0 Å². The Labute approximate surface area is 115 Å². The molecule has 96 valence electrons. The SMILES string of the molecule is COc1ccc(Cl)cc1C(Cc1nccs1)NN. The van der Waals surface area contributed by atoms with Gasteiger partial charge in [0.05, 0.1) is 18.2 Å². The second-order valence-corrected chi connectivity index (χ2v) is 5.15. The molecule has 1 atom stereocenters. The first-order valence-electron chi connectivity index (χ1n) is 5.42. The Balaban J connectivity index is 2.28. The molecular weight excluding hydrogens is 270 g/mol. The number of rotatable bonds is 5. The van der Waals surface area contributed by atoms with E-state index in [1.54, 1.807) is 30.7 Å². The molecule has 1 aromatic carbocycles. The van der Waals surface area contributed by atoms with Crippen LogP contribution in [0.2, 0.25) is 5.02 Å². The first kappa shape index (κ1) is 13.3. The normalized spacial score (nSPS) is 12.4. The first-order chi connectivity index (χ1) is 8.74. The van der Waals surface area contributed by atoms with Crippen molar-refractivity contribution in [1.29, 1.82) is 0 Å². The van der Waals surface area contributed by atoms with E-state index in [0.29, 0.717) is 11.4 Å². The van der Waals surface area contributed by atoms with E-state index in [-0.39, 0.29) is 6.04 Å². The summed E-state index contributed by atoms with van der Waals surface area (Å²) in [5.41, 5.74) is 3.72. The van der Waals surface area contributed by atoms with Gasteiger partial charge in [0, 0.05) is 28.6 Å². The zero-order valence-corrected chi connectivity index (χ0v) is 11.5. The number of nitrogens with zero attached hydrogens (tertiary/aromatic N) is 1. The van der Waals surface area contributed by atoms with Gasteiger partial charge in [-0.1, -0.05) is 11.6 Å². The average Bonchev–Trinajstić information content (AvgIpc) is 2.88. The molecular formula is C12H14ClN3OS. The molecule has 2 aromatic rings. The lowest BCUT2D eigenvalue weighted by Gasteiger charge is -2.18. The third-order valence-corrected chi connectivity index (χ3v) is 3.67. The van der Waals surface area contributed by atoms with Gasteiger partial charge in [0.2, 0.25) is 0 Å². The third-order valence-electron chi connectivity index (χ3n) is 2.63. The van der Waals surface area contributed by atoms with E-state index in [1.165, 1.54) is 0 Å². The number of hydrogen-bond donors (Lipinski definition) is 2. The van der Waals surface area contributed by atoms with E-state index in [0.717, 1.165) is 16.3 Å². The minimum atomic E-state index is -0.0789. The Morgan fingerprint density at radius 3 is 3.00 bits per heavy atom. The highest BCUT2D eigenvalue weighted by Crippen LogP contribution is 2.30. The molecule has 0 radical (unpaired) electrons. The van der Waals surface area contributed by atoms with E-state index in [4.69, 9.17) is 22.2 Å². The van der Waals surface area contributed by atoms with Crippen LogP contribution in [0.4, 0.5) is 0 Å². The Morgan fingerprint density at radius 1 is 1.56 bits per heavy atom. The highest BCUT2D eigenvalue weighted by molar-refractivity contribution is 7.09. The quantitative estimate of drug-likeness (QED) is 0.654. The largest absolute Gasteiger partial charge is 0.496 e. The van der Waals surface area contributed by atoms with Crippen LogP contribution >= 0.6 is 22.9 Å². The number of benzene rings is 1. The second-order valence-electron chi connectivity index (χ2n) is 3.74. The third kappa shape index (κ3) is 3.00. The van der Waals surface area contributed by atoms with Gasteiger partial charge in [-0.25, -0.2) is 4.98 Å². The first-order valence-corrected chi connectivity index (χ1v) is 6.68. The van der Waals surface area contributed by atoms with Crippen LogP contribution in [0.5, 0.6) is 5.75 Å². The number of nitrogens with two attached hydrogens (primary N) is 1. The topological polar surface area (TPSA) is 60.2 Å². The Morgan fingerprint density at radius 2 is 2.39 bits per heavy atom. The van der Waals surface area contributed by atoms with Crippen molar-refractivity contribution in [3.05, 3.63) is 45.4 Å². The molecule has 0 saturated heterocycles. The fraction of sp³-hybridized carbons (Fsp3) is 0.250. The van der Waals surface area contributed by atoms with Crippen molar-refractivity contribution in [2.75, 3.05) is 7.11 Å². The van der Waals surface area contributed by atoms with Crippen LogP contribution < -0.4 is 16.0 Å². The van der Waals surface area contributed by atoms with Gasteiger partial charge < -0.3 is 4.74 Å². The van der Waals surface area contributed by atoms with Crippen molar-refractivity contribution < 1.29 is 4.74 Å². The number of hydrogen-bond acceptors (Lipinski definition) is 5. The predicted octanol–water partition coefficient (Wildman–Crippen LogP) is 2.55. The highest BCUT2D eigenvalue weighted by Gasteiger charge is 2.17. The molecule has 0 aliphatic heterocycles. The summed E-state index contributed by atoms with van der Waals surface area (Å²) in [6.45, 7) is 0. The average molecular weight is 284 g/mol. The van der Waals surface area contributed by atoms with Crippen LogP contribution in [0.15, 0.2) is 29.8 Å². The predicted molar refractivity (Wildman–Crippen MR) is 73.9 cm³/mol. The van der Waals surface area contributed by atoms with E-state index in [1.807, 2.05) is 17.5 Å². The van der Waals surface area contributed by atoms with Gasteiger partial charge in [0.15, 0.2) is 0 Å². The summed E-state index contributed by atoms with van der Waals surface area (Å²) in [6.07, 6.45) is 2.48. The van der Waals surface area contributed by atoms with E-state index in [2.05, 4.69) is 10.4 Å². The van der Waals surface area contributed by atoms with Gasteiger partial charge in [0.25, 0.3) is 0 Å². The molecule has 0 spiro atoms. The van der Waals surface area contributed by atoms with Crippen LogP contribution in [-0.4, -0.2) is 12.1 Å². The fourth-order valence-electron chi connectivity index (χ4n) is 1.76. The standard InChI is InChI=1S/C12H14ClN3OS/c1-17-11-3-2-8(13)6-9(11)10(16-14)7-12-15-4-5-18-12/h2-6,10,16H,7,14H2,1H3. The zero-order chi connectivity index (χ0) is 13.0. The van der Waals surface area contributed by atoms with Crippen molar-refractivity contribution in [2.45, 2.75) is 12.5 Å². The summed E-state index contributed by atoms with van der Waals surface area (Å²) in [5.74, 6) is 6.39. The number of methoxy groups -OCH3 is 1. The van der Waals surface area contributed by atoms with Crippen molar-refractivity contribution in [3.8, 4) is 5.75 Å². The molecule has 18 heavy (non-hydrogen) atoms. The van der Waals surface area contributed by atoms with Gasteiger partial charge in [-0.3, -0.25) is 11.3 Å². The van der Waals surface area contributed by atoms with Crippen LogP contribution in [0.25, 0.3) is 0 Å². The summed E-state index contributed by atoms with van der Waals surface area (Å²) in [4.78, 5) is 4.26. The smallest absolute Gasteiger partial charge is 0.123 e. The van der Waals surface area contributed by atoms with Crippen molar-refractivity contribution in [2.24, 2.45) is 5.84 Å². The Hall–Kier alpha value is -1.14. The lowest BCUT2D eigenvalue weighted by molar-refractivity contribution is 0.399. The van der Waals surface area contributed by atoms with Crippen molar-refractivity contribution >= 4 is 22.9 Å². The summed E-state index contributed by atoms with van der Waals surface area (Å²) in [5, 5.41) is 3.61. The van der Waals surface area contributed by atoms with Gasteiger partial charge >= 0.3 is 0 Å². The number of hydrazine groups is 1. The molecule has 4 nitrogen and oxygen atoms in total. The minimum Gasteiger partial charge on any atom is -0.496 e. The molecule has 3 N–H and O–H groups in total. The van der Waals surface area contributed by atoms with Crippen molar-refractivity contribution in [3.63, 3.8) is 0 Å². The van der Waals surface area contributed by atoms with Gasteiger partial charge in [-0.2, -0.15) is 0 Å². The molecule has 0 amide bonds. The number of aromatic nitrogens is 1. The maximum atomic E-state index is 6.02. The summed E-state index contributed by atoms with van der Waals surface area (Å²) in [7, 11) is 1.63. The van der Waals surface area contributed by atoms with E-state index < -0.39 is 0 Å². The number of ether oxygens (including phenoxy) is 1.